The average Bonchev–Trinajstić information content (AvgIpc) is 3.24. The maximum Gasteiger partial charge on any atom is 0.430 e. The number of amides is 3. The zero-order chi connectivity index (χ0) is 36.2. The van der Waals surface area contributed by atoms with Gasteiger partial charge >= 0.3 is 18.4 Å². The topological polar surface area (TPSA) is 88.1 Å². The number of aliphatic hydroxyl groups is 1. The smallest absolute Gasteiger partial charge is 0.430 e. The van der Waals surface area contributed by atoms with Gasteiger partial charge in [-0.25, -0.2) is 4.79 Å². The predicted molar refractivity (Wildman–Crippen MR) is 171 cm³/mol. The molecule has 1 unspecified atom stereocenters. The average molecular weight is 693 g/mol. The van der Waals surface area contributed by atoms with E-state index < -0.39 is 41.0 Å². The lowest BCUT2D eigenvalue weighted by atomic mass is 9.87. The molecule has 49 heavy (non-hydrogen) atoms. The predicted octanol–water partition coefficient (Wildman–Crippen LogP) is 8.04. The minimum absolute atomic E-state index is 0.00148. The maximum absolute atomic E-state index is 13.9. The zero-order valence-corrected chi connectivity index (χ0v) is 27.4. The van der Waals surface area contributed by atoms with Crippen LogP contribution < -0.4 is 14.8 Å². The molecule has 0 bridgehead atoms. The Balaban J connectivity index is 1.53. The van der Waals surface area contributed by atoms with E-state index in [2.05, 4.69) is 5.32 Å². The van der Waals surface area contributed by atoms with Crippen molar-refractivity contribution in [2.75, 3.05) is 13.2 Å². The van der Waals surface area contributed by atoms with Gasteiger partial charge in [-0.2, -0.15) is 26.3 Å². The highest BCUT2D eigenvalue weighted by Crippen LogP contribution is 2.51. The highest BCUT2D eigenvalue weighted by molar-refractivity contribution is 6.07. The number of hydrogen-bond acceptors (Lipinski definition) is 5. The summed E-state index contributed by atoms with van der Waals surface area (Å²) in [5.41, 5.74) is -6.74. The number of carbonyl (C=O) groups is 2. The monoisotopic (exact) mass is 692 g/mol. The standard InChI is InChI=1S/C36H38F6N2O5/c1-5-11-25-21-28(34(47,35(37,38)39)36(40,41)42)22-26(20-24-12-7-6-8-13-24)30(25)48-19-10-9-18-44-31(45)33(4,43-32(44)46)27-14-16-29(17-15-27)49-23(2)3/h5-8,11-17,21-23,47H,9-10,18-20H2,1-4H3,(H,43,46)/b11-5+. The lowest BCUT2D eigenvalue weighted by molar-refractivity contribution is -0.376. The fourth-order valence-electron chi connectivity index (χ4n) is 5.62. The van der Waals surface area contributed by atoms with Crippen LogP contribution in [0.2, 0.25) is 0 Å². The van der Waals surface area contributed by atoms with Gasteiger partial charge in [-0.05, 0) is 81.5 Å². The summed E-state index contributed by atoms with van der Waals surface area (Å²) in [5.74, 6) is 0.213. The minimum atomic E-state index is -6.06. The van der Waals surface area contributed by atoms with Crippen LogP contribution in [0.5, 0.6) is 11.5 Å². The van der Waals surface area contributed by atoms with Crippen molar-refractivity contribution >= 4 is 18.0 Å². The number of halogens is 6. The van der Waals surface area contributed by atoms with Crippen molar-refractivity contribution in [1.29, 1.82) is 0 Å². The molecule has 0 radical (unpaired) electrons. The number of carbonyl (C=O) groups excluding carboxylic acids is 2. The lowest BCUT2D eigenvalue weighted by Crippen LogP contribution is -2.54. The Morgan fingerprint density at radius 2 is 1.57 bits per heavy atom. The van der Waals surface area contributed by atoms with Gasteiger partial charge in [0.1, 0.15) is 17.0 Å². The summed E-state index contributed by atoms with van der Waals surface area (Å²) < 4.78 is 94.8. The van der Waals surface area contributed by atoms with E-state index in [4.69, 9.17) is 9.47 Å². The first kappa shape index (κ1) is 37.3. The van der Waals surface area contributed by atoms with Crippen molar-refractivity contribution in [3.8, 4) is 11.5 Å². The van der Waals surface area contributed by atoms with Crippen LogP contribution in [0, 0.1) is 0 Å². The van der Waals surface area contributed by atoms with E-state index in [1.807, 2.05) is 13.8 Å². The molecule has 13 heteroatoms. The quantitative estimate of drug-likeness (QED) is 0.108. The summed E-state index contributed by atoms with van der Waals surface area (Å²) >= 11 is 0. The number of urea groups is 1. The summed E-state index contributed by atoms with van der Waals surface area (Å²) in [6.45, 7) is 6.92. The molecule has 7 nitrogen and oxygen atoms in total. The zero-order valence-electron chi connectivity index (χ0n) is 27.4. The Bertz CT molecular complexity index is 1640. The van der Waals surface area contributed by atoms with Gasteiger partial charge in [-0.3, -0.25) is 9.69 Å². The van der Waals surface area contributed by atoms with Crippen LogP contribution in [-0.4, -0.2) is 53.6 Å². The molecule has 1 fully saturated rings. The van der Waals surface area contributed by atoms with Crippen molar-refractivity contribution in [2.24, 2.45) is 0 Å². The molecule has 3 amide bonds. The van der Waals surface area contributed by atoms with Crippen molar-refractivity contribution in [3.63, 3.8) is 0 Å². The number of ether oxygens (including phenoxy) is 2. The van der Waals surface area contributed by atoms with Gasteiger partial charge in [-0.15, -0.1) is 0 Å². The van der Waals surface area contributed by atoms with Crippen LogP contribution in [-0.2, 0) is 22.4 Å². The van der Waals surface area contributed by atoms with E-state index in [1.165, 1.54) is 19.1 Å². The van der Waals surface area contributed by atoms with E-state index in [-0.39, 0.29) is 49.0 Å². The van der Waals surface area contributed by atoms with Crippen LogP contribution >= 0.6 is 0 Å². The molecule has 4 rings (SSSR count). The summed E-state index contributed by atoms with van der Waals surface area (Å²) in [4.78, 5) is 27.3. The highest BCUT2D eigenvalue weighted by Gasteiger charge is 2.71. The maximum atomic E-state index is 13.9. The molecule has 1 saturated heterocycles. The van der Waals surface area contributed by atoms with Gasteiger partial charge in [0, 0.05) is 24.1 Å². The van der Waals surface area contributed by atoms with Crippen molar-refractivity contribution < 1.29 is 50.5 Å². The first-order valence-electron chi connectivity index (χ1n) is 15.7. The Morgan fingerprint density at radius 1 is 0.939 bits per heavy atom. The summed E-state index contributed by atoms with van der Waals surface area (Å²) in [7, 11) is 0. The second kappa shape index (κ2) is 14.5. The fourth-order valence-corrected chi connectivity index (χ4v) is 5.62. The van der Waals surface area contributed by atoms with Gasteiger partial charge < -0.3 is 19.9 Å². The minimum Gasteiger partial charge on any atom is -0.493 e. The summed E-state index contributed by atoms with van der Waals surface area (Å²) in [6.07, 6.45) is -8.95. The van der Waals surface area contributed by atoms with Crippen molar-refractivity contribution in [1.82, 2.24) is 10.2 Å². The molecule has 3 aromatic rings. The Hall–Kier alpha value is -4.52. The molecule has 1 aliphatic rings. The number of nitrogens with zero attached hydrogens (tertiary/aromatic N) is 1. The third kappa shape index (κ3) is 7.87. The van der Waals surface area contributed by atoms with Crippen LogP contribution in [0.25, 0.3) is 6.08 Å². The molecule has 1 atom stereocenters. The van der Waals surface area contributed by atoms with Gasteiger partial charge in [0.05, 0.1) is 12.7 Å². The Kier molecular flexibility index (Phi) is 11.1. The first-order chi connectivity index (χ1) is 22.9. The van der Waals surface area contributed by atoms with E-state index in [1.54, 1.807) is 61.5 Å². The SMILES string of the molecule is C/C=C/c1cc(C(O)(C(F)(F)F)C(F)(F)F)cc(Cc2ccccc2)c1OCCCCN1C(=O)NC(C)(c2ccc(OC(C)C)cc2)C1=O. The number of allylic oxidation sites excluding steroid dienone is 1. The van der Waals surface area contributed by atoms with Crippen LogP contribution in [0.1, 0.15) is 68.4 Å². The number of nitrogens with one attached hydrogen (secondary N) is 1. The van der Waals surface area contributed by atoms with Gasteiger partial charge in [0.25, 0.3) is 11.5 Å². The van der Waals surface area contributed by atoms with Crippen LogP contribution in [0.4, 0.5) is 31.1 Å². The van der Waals surface area contributed by atoms with E-state index >= 15 is 0 Å². The normalized spacial score (nSPS) is 17.3. The first-order valence-corrected chi connectivity index (χ1v) is 15.7. The van der Waals surface area contributed by atoms with Crippen molar-refractivity contribution in [3.05, 3.63) is 101 Å². The number of unbranched alkanes of at least 4 members (excludes halogenated alkanes) is 1. The summed E-state index contributed by atoms with van der Waals surface area (Å²) in [6, 6.07) is 15.9. The lowest BCUT2D eigenvalue weighted by Gasteiger charge is -2.33. The van der Waals surface area contributed by atoms with Gasteiger partial charge in [0.15, 0.2) is 0 Å². The fraction of sp³-hybridized carbons (Fsp3) is 0.389. The Morgan fingerprint density at radius 3 is 2.14 bits per heavy atom. The van der Waals surface area contributed by atoms with Crippen LogP contribution in [0.15, 0.2) is 72.8 Å². The molecule has 0 aliphatic carbocycles. The highest BCUT2D eigenvalue weighted by atomic mass is 19.4. The van der Waals surface area contributed by atoms with E-state index in [0.717, 1.165) is 4.90 Å². The molecule has 264 valence electrons. The Labute approximate surface area is 280 Å². The van der Waals surface area contributed by atoms with Gasteiger partial charge in [0.2, 0.25) is 0 Å². The third-order valence-corrected chi connectivity index (χ3v) is 8.12. The number of hydrogen-bond donors (Lipinski definition) is 2. The number of imide groups is 1. The van der Waals surface area contributed by atoms with Gasteiger partial charge in [-0.1, -0.05) is 54.6 Å². The molecule has 0 spiro atoms. The molecule has 0 saturated carbocycles. The molecule has 0 aromatic heterocycles. The summed E-state index contributed by atoms with van der Waals surface area (Å²) in [5, 5.41) is 12.9. The largest absolute Gasteiger partial charge is 0.493 e. The molecule has 2 N–H and O–H groups in total. The third-order valence-electron chi connectivity index (χ3n) is 8.12. The number of alkyl halides is 6. The van der Waals surface area contributed by atoms with E-state index in [0.29, 0.717) is 35.4 Å². The molecular weight excluding hydrogens is 654 g/mol. The molecular formula is C36H38F6N2O5. The number of rotatable bonds is 13. The van der Waals surface area contributed by atoms with Crippen molar-refractivity contribution in [2.45, 2.75) is 76.6 Å². The molecule has 1 heterocycles. The van der Waals surface area contributed by atoms with Crippen LogP contribution in [0.3, 0.4) is 0 Å². The molecule has 1 aliphatic heterocycles. The number of benzene rings is 3. The van der Waals surface area contributed by atoms with E-state index in [9.17, 15) is 41.0 Å². The second-order valence-electron chi connectivity index (χ2n) is 12.2. The second-order valence-corrected chi connectivity index (χ2v) is 12.2. The molecule has 3 aromatic carbocycles.